The van der Waals surface area contributed by atoms with Crippen LogP contribution in [0.25, 0.3) is 0 Å². The third-order valence-corrected chi connectivity index (χ3v) is 3.66. The second-order valence-electron chi connectivity index (χ2n) is 3.46. The molecule has 2 rings (SSSR count). The summed E-state index contributed by atoms with van der Waals surface area (Å²) in [6.45, 7) is 2.40. The van der Waals surface area contributed by atoms with Crippen molar-refractivity contribution in [2.45, 2.75) is 23.5 Å². The molecule has 0 saturated carbocycles. The summed E-state index contributed by atoms with van der Waals surface area (Å²) in [6, 6.07) is 5.08. The molecule has 1 N–H and O–H groups in total. The maximum atomic E-state index is 11.4. The zero-order chi connectivity index (χ0) is 13.1. The fourth-order valence-corrected chi connectivity index (χ4v) is 2.66. The van der Waals surface area contributed by atoms with Gasteiger partial charge in [0, 0.05) is 17.0 Å². The number of rotatable bonds is 4. The van der Waals surface area contributed by atoms with Gasteiger partial charge in [0.1, 0.15) is 0 Å². The van der Waals surface area contributed by atoms with Crippen LogP contribution in [0.1, 0.15) is 17.3 Å². The molecule has 0 atom stereocenters. The molecule has 1 aromatic heterocycles. The second-order valence-corrected chi connectivity index (χ2v) is 4.91. The minimum absolute atomic E-state index is 0.240. The number of carbonyl (C=O) groups is 1. The molecule has 0 saturated heterocycles. The highest BCUT2D eigenvalue weighted by Crippen LogP contribution is 2.28. The van der Waals surface area contributed by atoms with Crippen LogP contribution in [0.4, 0.5) is 0 Å². The van der Waals surface area contributed by atoms with Crippen molar-refractivity contribution in [2.24, 2.45) is 0 Å². The van der Waals surface area contributed by atoms with E-state index in [0.717, 1.165) is 4.90 Å². The van der Waals surface area contributed by atoms with E-state index in [1.165, 1.54) is 16.3 Å². The van der Waals surface area contributed by atoms with Crippen LogP contribution in [0.15, 0.2) is 33.0 Å². The number of H-pyrrole nitrogens is 1. The number of nitrogens with zero attached hydrogens (tertiary/aromatic N) is 2. The van der Waals surface area contributed by atoms with Crippen LogP contribution in [0.2, 0.25) is 5.02 Å². The highest BCUT2D eigenvalue weighted by molar-refractivity contribution is 7.99. The van der Waals surface area contributed by atoms with Crippen molar-refractivity contribution in [2.75, 3.05) is 0 Å². The SMILES string of the molecule is CCn1c(Sc2ccc(C=O)c(Cl)c2)n[nH]c1=O. The number of hydrogen-bond acceptors (Lipinski definition) is 4. The van der Waals surface area contributed by atoms with Gasteiger partial charge in [0.2, 0.25) is 0 Å². The molecule has 0 aliphatic rings. The van der Waals surface area contributed by atoms with E-state index in [1.54, 1.807) is 18.2 Å². The summed E-state index contributed by atoms with van der Waals surface area (Å²) >= 11 is 7.25. The Labute approximate surface area is 112 Å². The molecule has 0 amide bonds. The molecule has 0 aliphatic heterocycles. The summed E-state index contributed by atoms with van der Waals surface area (Å²) in [4.78, 5) is 22.9. The number of aldehydes is 1. The number of aromatic nitrogens is 3. The Morgan fingerprint density at radius 3 is 2.94 bits per heavy atom. The van der Waals surface area contributed by atoms with Crippen LogP contribution < -0.4 is 5.69 Å². The van der Waals surface area contributed by atoms with E-state index in [1.807, 2.05) is 6.92 Å². The lowest BCUT2D eigenvalue weighted by Gasteiger charge is -2.03. The summed E-state index contributed by atoms with van der Waals surface area (Å²) in [7, 11) is 0. The number of benzene rings is 1. The first-order valence-electron chi connectivity index (χ1n) is 5.23. The summed E-state index contributed by atoms with van der Waals surface area (Å²) in [5.41, 5.74) is 0.200. The topological polar surface area (TPSA) is 67.8 Å². The van der Waals surface area contributed by atoms with Crippen LogP contribution in [-0.4, -0.2) is 21.1 Å². The average Bonchev–Trinajstić information content (AvgIpc) is 2.70. The Hall–Kier alpha value is -1.53. The molecule has 94 valence electrons. The Morgan fingerprint density at radius 2 is 2.33 bits per heavy atom. The first-order valence-corrected chi connectivity index (χ1v) is 6.43. The maximum absolute atomic E-state index is 11.4. The second kappa shape index (κ2) is 5.41. The van der Waals surface area contributed by atoms with Gasteiger partial charge in [-0.2, -0.15) is 0 Å². The van der Waals surface area contributed by atoms with Gasteiger partial charge >= 0.3 is 5.69 Å². The number of halogens is 1. The fraction of sp³-hybridized carbons (Fsp3) is 0.182. The van der Waals surface area contributed by atoms with Gasteiger partial charge in [0.15, 0.2) is 11.4 Å². The Bertz CT molecular complexity index is 635. The lowest BCUT2D eigenvalue weighted by molar-refractivity contribution is 0.112. The molecule has 18 heavy (non-hydrogen) atoms. The number of carbonyl (C=O) groups excluding carboxylic acids is 1. The third kappa shape index (κ3) is 2.49. The van der Waals surface area contributed by atoms with Crippen molar-refractivity contribution in [3.05, 3.63) is 39.3 Å². The van der Waals surface area contributed by atoms with Gasteiger partial charge < -0.3 is 0 Å². The van der Waals surface area contributed by atoms with E-state index in [-0.39, 0.29) is 5.69 Å². The number of nitrogens with one attached hydrogen (secondary N) is 1. The minimum atomic E-state index is -0.240. The smallest absolute Gasteiger partial charge is 0.298 e. The average molecular weight is 284 g/mol. The van der Waals surface area contributed by atoms with Crippen LogP contribution in [0.3, 0.4) is 0 Å². The van der Waals surface area contributed by atoms with Crippen molar-refractivity contribution < 1.29 is 4.79 Å². The highest BCUT2D eigenvalue weighted by Gasteiger charge is 2.09. The van der Waals surface area contributed by atoms with E-state index >= 15 is 0 Å². The molecule has 7 heteroatoms. The lowest BCUT2D eigenvalue weighted by Crippen LogP contribution is -2.15. The number of hydrogen-bond donors (Lipinski definition) is 1. The van der Waals surface area contributed by atoms with Gasteiger partial charge in [-0.3, -0.25) is 9.36 Å². The predicted molar refractivity (Wildman–Crippen MR) is 69.5 cm³/mol. The van der Waals surface area contributed by atoms with E-state index in [2.05, 4.69) is 10.2 Å². The van der Waals surface area contributed by atoms with Crippen LogP contribution in [0.5, 0.6) is 0 Å². The lowest BCUT2D eigenvalue weighted by atomic mass is 10.2. The molecule has 5 nitrogen and oxygen atoms in total. The molecule has 1 aromatic carbocycles. The molecule has 0 fully saturated rings. The maximum Gasteiger partial charge on any atom is 0.343 e. The van der Waals surface area contributed by atoms with E-state index < -0.39 is 0 Å². The van der Waals surface area contributed by atoms with Crippen LogP contribution >= 0.6 is 23.4 Å². The first-order chi connectivity index (χ1) is 8.65. The predicted octanol–water partition coefficient (Wildman–Crippen LogP) is 2.21. The molecule has 0 bridgehead atoms. The molecule has 0 aliphatic carbocycles. The van der Waals surface area contributed by atoms with E-state index in [9.17, 15) is 9.59 Å². The van der Waals surface area contributed by atoms with E-state index in [0.29, 0.717) is 28.6 Å². The van der Waals surface area contributed by atoms with Crippen molar-refractivity contribution in [1.29, 1.82) is 0 Å². The zero-order valence-electron chi connectivity index (χ0n) is 9.51. The zero-order valence-corrected chi connectivity index (χ0v) is 11.1. The van der Waals surface area contributed by atoms with Crippen molar-refractivity contribution >= 4 is 29.6 Å². The molecule has 0 unspecified atom stereocenters. The Morgan fingerprint density at radius 1 is 1.56 bits per heavy atom. The third-order valence-electron chi connectivity index (χ3n) is 2.35. The first kappa shape index (κ1) is 12.9. The van der Waals surface area contributed by atoms with Gasteiger partial charge in [-0.15, -0.1) is 5.10 Å². The van der Waals surface area contributed by atoms with Gasteiger partial charge in [-0.1, -0.05) is 11.6 Å². The van der Waals surface area contributed by atoms with Crippen molar-refractivity contribution in [1.82, 2.24) is 14.8 Å². The summed E-state index contributed by atoms with van der Waals surface area (Å²) < 4.78 is 1.52. The monoisotopic (exact) mass is 283 g/mol. The van der Waals surface area contributed by atoms with Gasteiger partial charge in [-0.25, -0.2) is 9.89 Å². The Kier molecular flexibility index (Phi) is 3.88. The highest BCUT2D eigenvalue weighted by atomic mass is 35.5. The quantitative estimate of drug-likeness (QED) is 0.874. The molecule has 2 aromatic rings. The van der Waals surface area contributed by atoms with Crippen LogP contribution in [-0.2, 0) is 6.54 Å². The number of aromatic amines is 1. The molecular weight excluding hydrogens is 274 g/mol. The summed E-state index contributed by atoms with van der Waals surface area (Å²) in [5.74, 6) is 0. The van der Waals surface area contributed by atoms with Gasteiger partial charge in [0.25, 0.3) is 0 Å². The van der Waals surface area contributed by atoms with Crippen molar-refractivity contribution in [3.8, 4) is 0 Å². The molecule has 0 radical (unpaired) electrons. The van der Waals surface area contributed by atoms with Gasteiger partial charge in [0.05, 0.1) is 5.02 Å². The molecule has 0 spiro atoms. The largest absolute Gasteiger partial charge is 0.343 e. The van der Waals surface area contributed by atoms with E-state index in [4.69, 9.17) is 11.6 Å². The normalized spacial score (nSPS) is 10.6. The molecule has 1 heterocycles. The Balaban J connectivity index is 2.31. The molecular formula is C11H10ClN3O2S. The summed E-state index contributed by atoms with van der Waals surface area (Å²) in [5, 5.41) is 7.28. The fourth-order valence-electron chi connectivity index (χ4n) is 1.43. The standard InChI is InChI=1S/C11H10ClN3O2S/c1-2-15-10(17)13-14-11(15)18-8-4-3-7(6-16)9(12)5-8/h3-6H,2H2,1H3,(H,13,17). The van der Waals surface area contributed by atoms with Crippen LogP contribution in [0, 0.1) is 0 Å². The van der Waals surface area contributed by atoms with Gasteiger partial charge in [-0.05, 0) is 36.9 Å². The van der Waals surface area contributed by atoms with Crippen molar-refractivity contribution in [3.63, 3.8) is 0 Å². The summed E-state index contributed by atoms with van der Waals surface area (Å²) in [6.07, 6.45) is 0.702. The minimum Gasteiger partial charge on any atom is -0.298 e.